The maximum atomic E-state index is 2.38. The molecule has 0 aliphatic rings. The van der Waals surface area contributed by atoms with E-state index in [-0.39, 0.29) is 0 Å². The molecule has 2 nitrogen and oxygen atoms in total. The van der Waals surface area contributed by atoms with Gasteiger partial charge in [0.1, 0.15) is 0 Å². The Labute approximate surface area is 504 Å². The molecule has 406 valence electrons. The van der Waals surface area contributed by atoms with Crippen LogP contribution in [0.5, 0.6) is 0 Å². The lowest BCUT2D eigenvalue weighted by molar-refractivity contribution is 1.18. The highest BCUT2D eigenvalue weighted by molar-refractivity contribution is 6.23. The first-order valence-electron chi connectivity index (χ1n) is 30.1. The van der Waals surface area contributed by atoms with Gasteiger partial charge in [-0.2, -0.15) is 0 Å². The fourth-order valence-electron chi connectivity index (χ4n) is 14.3. The smallest absolute Gasteiger partial charge is 0.0541 e. The summed E-state index contributed by atoms with van der Waals surface area (Å²) >= 11 is 0. The minimum absolute atomic E-state index is 1.17. The summed E-state index contributed by atoms with van der Waals surface area (Å²) < 4.78 is 4.77. The molecule has 18 aromatic rings. The topological polar surface area (TPSA) is 9.86 Å². The number of fused-ring (bicyclic) bond motifs is 12. The van der Waals surface area contributed by atoms with Crippen molar-refractivity contribution in [3.8, 4) is 55.9 Å². The van der Waals surface area contributed by atoms with Crippen molar-refractivity contribution in [3.63, 3.8) is 0 Å². The van der Waals surface area contributed by atoms with Crippen molar-refractivity contribution in [1.82, 2.24) is 9.13 Å². The van der Waals surface area contributed by atoms with Gasteiger partial charge in [-0.1, -0.05) is 266 Å². The first-order valence-corrected chi connectivity index (χ1v) is 30.1. The van der Waals surface area contributed by atoms with Crippen molar-refractivity contribution in [1.29, 1.82) is 0 Å². The Morgan fingerprint density at radius 2 is 0.425 bits per heavy atom. The molecular weight excluding hydrogens is 1050 g/mol. The third kappa shape index (κ3) is 8.25. The number of aromatic nitrogens is 2. The van der Waals surface area contributed by atoms with E-state index in [4.69, 9.17) is 0 Å². The average Bonchev–Trinajstić information content (AvgIpc) is 1.80. The Kier molecular flexibility index (Phi) is 11.8. The third-order valence-corrected chi connectivity index (χ3v) is 18.2. The quantitative estimate of drug-likeness (QED) is 0.147. The molecule has 0 unspecified atom stereocenters. The van der Waals surface area contributed by atoms with Gasteiger partial charge in [-0.05, 0) is 177 Å². The Hall–Kier alpha value is -11.3. The van der Waals surface area contributed by atoms with Gasteiger partial charge in [-0.3, -0.25) is 0 Å². The average molecular weight is 1110 g/mol. The van der Waals surface area contributed by atoms with E-state index in [0.717, 1.165) is 0 Å². The van der Waals surface area contributed by atoms with Crippen LogP contribution >= 0.6 is 0 Å². The molecule has 2 heteroatoms. The van der Waals surface area contributed by atoms with Crippen LogP contribution in [0.15, 0.2) is 322 Å². The van der Waals surface area contributed by atoms with Crippen molar-refractivity contribution < 1.29 is 0 Å². The predicted molar refractivity (Wildman–Crippen MR) is 373 cm³/mol. The summed E-state index contributed by atoms with van der Waals surface area (Å²) in [5.74, 6) is 0. The van der Waals surface area contributed by atoms with Gasteiger partial charge in [0.2, 0.25) is 0 Å². The van der Waals surface area contributed by atoms with Gasteiger partial charge in [0.25, 0.3) is 0 Å². The molecule has 0 N–H and O–H groups in total. The summed E-state index contributed by atoms with van der Waals surface area (Å²) in [6.45, 7) is 2.16. The number of hydrogen-bond acceptors (Lipinski definition) is 0. The molecule has 0 atom stereocenters. The second-order valence-corrected chi connectivity index (χ2v) is 23.1. The number of nitrogens with zero attached hydrogens (tertiary/aromatic N) is 2. The molecule has 0 fully saturated rings. The summed E-state index contributed by atoms with van der Waals surface area (Å²) in [6.07, 6.45) is 0. The zero-order valence-electron chi connectivity index (χ0n) is 48.0. The van der Waals surface area contributed by atoms with E-state index >= 15 is 0 Å². The van der Waals surface area contributed by atoms with Crippen LogP contribution in [0.4, 0.5) is 0 Å². The van der Waals surface area contributed by atoms with E-state index in [2.05, 4.69) is 338 Å². The van der Waals surface area contributed by atoms with Crippen LogP contribution in [0, 0.1) is 6.92 Å². The summed E-state index contributed by atoms with van der Waals surface area (Å²) in [4.78, 5) is 0. The monoisotopic (exact) mass is 1100 g/mol. The van der Waals surface area contributed by atoms with Gasteiger partial charge in [0.05, 0.1) is 22.1 Å². The van der Waals surface area contributed by atoms with E-state index in [1.54, 1.807) is 0 Å². The van der Waals surface area contributed by atoms with Crippen molar-refractivity contribution >= 4 is 108 Å². The molecule has 18 rings (SSSR count). The highest BCUT2D eigenvalue weighted by Gasteiger charge is 2.21. The molecule has 0 bridgehead atoms. The summed E-state index contributed by atoms with van der Waals surface area (Å²) in [5.41, 5.74) is 18.6. The maximum Gasteiger partial charge on any atom is 0.0541 e. The fourth-order valence-corrected chi connectivity index (χ4v) is 14.3. The SMILES string of the molecule is Cc1ccc2cc(-c3c4ccccc4c(-c4ccc(-n5c6ccccc6c6ccccc65)cc4)c4ccccc34)ccc2c1.c1ccc2cc(-c3c4ccccc4c(-c4ccc(-n5c6ccccc6c6ccccc65)cc4)c4ccccc34)ccc2c1. The van der Waals surface area contributed by atoms with Crippen molar-refractivity contribution in [3.05, 3.63) is 327 Å². The fraction of sp³-hybridized carbons (Fsp3) is 0.0118. The van der Waals surface area contributed by atoms with E-state index in [0.29, 0.717) is 0 Å². The lowest BCUT2D eigenvalue weighted by Gasteiger charge is -2.18. The lowest BCUT2D eigenvalue weighted by Crippen LogP contribution is -1.94. The molecule has 2 heterocycles. The molecule has 2 aromatic heterocycles. The largest absolute Gasteiger partial charge is 0.309 e. The van der Waals surface area contributed by atoms with Crippen molar-refractivity contribution in [2.24, 2.45) is 0 Å². The standard InChI is InChI=1S/C43H29N.C42H27N/c1-28-18-19-31-27-32(21-20-30(31)26-28)43-38-14-4-2-12-36(38)42(37-13-3-5-15-39(37)43)29-22-24-33(25-23-29)44-40-16-8-6-10-34(40)35-11-7-9-17-41(35)44;1-2-12-30-27-31(22-21-28(30)11-1)42-37-17-5-3-15-35(37)41(36-16-4-6-18-38(36)42)29-23-25-32(26-24-29)43-39-19-9-7-13-33(39)34-14-8-10-20-40(34)43/h2-27H,1H3;1-27H. The molecule has 0 spiro atoms. The lowest BCUT2D eigenvalue weighted by atomic mass is 9.85. The molecule has 0 amide bonds. The van der Waals surface area contributed by atoms with E-state index in [1.165, 1.54) is 170 Å². The second-order valence-electron chi connectivity index (χ2n) is 23.1. The van der Waals surface area contributed by atoms with Gasteiger partial charge < -0.3 is 9.13 Å². The molecule has 0 aliphatic carbocycles. The number of hydrogen-bond donors (Lipinski definition) is 0. The van der Waals surface area contributed by atoms with Gasteiger partial charge in [-0.15, -0.1) is 0 Å². The van der Waals surface area contributed by atoms with Crippen molar-refractivity contribution in [2.75, 3.05) is 0 Å². The van der Waals surface area contributed by atoms with E-state index < -0.39 is 0 Å². The van der Waals surface area contributed by atoms with Crippen molar-refractivity contribution in [2.45, 2.75) is 6.92 Å². The normalized spacial score (nSPS) is 11.7. The molecule has 0 radical (unpaired) electrons. The number of para-hydroxylation sites is 4. The minimum Gasteiger partial charge on any atom is -0.309 e. The second kappa shape index (κ2) is 20.5. The van der Waals surface area contributed by atoms with Gasteiger partial charge in [0, 0.05) is 32.9 Å². The molecule has 0 saturated heterocycles. The zero-order valence-corrected chi connectivity index (χ0v) is 48.0. The summed E-state index contributed by atoms with van der Waals surface area (Å²) in [7, 11) is 0. The van der Waals surface area contributed by atoms with Crippen LogP contribution in [0.1, 0.15) is 5.56 Å². The van der Waals surface area contributed by atoms with Crippen LogP contribution in [0.2, 0.25) is 0 Å². The Morgan fingerprint density at radius 1 is 0.184 bits per heavy atom. The molecule has 0 saturated carbocycles. The van der Waals surface area contributed by atoms with E-state index in [1.807, 2.05) is 0 Å². The summed E-state index contributed by atoms with van der Waals surface area (Å²) in [6, 6.07) is 118. The molecular formula is C85H56N2. The van der Waals surface area contributed by atoms with Gasteiger partial charge in [0.15, 0.2) is 0 Å². The van der Waals surface area contributed by atoms with Crippen LogP contribution in [-0.4, -0.2) is 9.13 Å². The van der Waals surface area contributed by atoms with Crippen LogP contribution < -0.4 is 0 Å². The van der Waals surface area contributed by atoms with E-state index in [9.17, 15) is 0 Å². The first kappa shape index (κ1) is 50.2. The Balaban J connectivity index is 0.000000136. The number of rotatable bonds is 6. The van der Waals surface area contributed by atoms with Crippen LogP contribution in [0.25, 0.3) is 164 Å². The zero-order chi connectivity index (χ0) is 57.5. The van der Waals surface area contributed by atoms with Gasteiger partial charge in [-0.25, -0.2) is 0 Å². The van der Waals surface area contributed by atoms with Crippen LogP contribution in [-0.2, 0) is 0 Å². The Morgan fingerprint density at radius 3 is 0.782 bits per heavy atom. The Bertz CT molecular complexity index is 5540. The van der Waals surface area contributed by atoms with Crippen LogP contribution in [0.3, 0.4) is 0 Å². The molecule has 87 heavy (non-hydrogen) atoms. The van der Waals surface area contributed by atoms with Gasteiger partial charge >= 0.3 is 0 Å². The molecule has 0 aliphatic heterocycles. The third-order valence-electron chi connectivity index (χ3n) is 18.2. The highest BCUT2D eigenvalue weighted by atomic mass is 15.0. The first-order chi connectivity index (χ1) is 43.1. The predicted octanol–water partition coefficient (Wildman–Crippen LogP) is 23.5. The number of aryl methyl sites for hydroxylation is 1. The summed E-state index contributed by atoms with van der Waals surface area (Å²) in [5, 5.41) is 20.4. The minimum atomic E-state index is 1.17. The molecule has 16 aromatic carbocycles. The highest BCUT2D eigenvalue weighted by Crippen LogP contribution is 2.47. The maximum absolute atomic E-state index is 2.38. The number of benzene rings is 16.